The van der Waals surface area contributed by atoms with Crippen LogP contribution in [0.2, 0.25) is 0 Å². The molecule has 1 fully saturated rings. The molecule has 0 amide bonds. The molecule has 5 heteroatoms. The number of morpholine rings is 1. The first-order valence-electron chi connectivity index (χ1n) is 5.59. The largest absolute Gasteiger partial charge is 0.374 e. The lowest BCUT2D eigenvalue weighted by molar-refractivity contribution is -0.0359. The number of rotatable bonds is 4. The Morgan fingerprint density at radius 1 is 1.50 bits per heavy atom. The zero-order chi connectivity index (χ0) is 11.4. The van der Waals surface area contributed by atoms with Gasteiger partial charge in [-0.1, -0.05) is 5.16 Å². The van der Waals surface area contributed by atoms with E-state index in [2.05, 4.69) is 10.5 Å². The van der Waals surface area contributed by atoms with Crippen LogP contribution in [0.5, 0.6) is 0 Å². The highest BCUT2D eigenvalue weighted by molar-refractivity contribution is 5.19. The zero-order valence-electron chi connectivity index (χ0n) is 9.78. The highest BCUT2D eigenvalue weighted by Gasteiger charge is 2.14. The van der Waals surface area contributed by atoms with E-state index in [1.54, 1.807) is 0 Å². The molecule has 0 bridgehead atoms. The van der Waals surface area contributed by atoms with E-state index >= 15 is 0 Å². The van der Waals surface area contributed by atoms with Gasteiger partial charge in [0.05, 0.1) is 31.6 Å². The number of nitrogens with zero attached hydrogens (tertiary/aromatic N) is 1. The Balaban J connectivity index is 1.75. The first-order valence-corrected chi connectivity index (χ1v) is 5.59. The van der Waals surface area contributed by atoms with Gasteiger partial charge in [0.2, 0.25) is 0 Å². The normalized spacial score (nSPS) is 21.2. The molecular formula is C11H18N2O3. The molecule has 1 aliphatic heterocycles. The molecule has 0 aliphatic carbocycles. The Bertz CT molecular complexity index is 312. The summed E-state index contributed by atoms with van der Waals surface area (Å²) in [6, 6.07) is 0. The zero-order valence-corrected chi connectivity index (χ0v) is 9.78. The van der Waals surface area contributed by atoms with Crippen LogP contribution < -0.4 is 5.32 Å². The molecule has 0 spiro atoms. The molecule has 5 nitrogen and oxygen atoms in total. The molecule has 1 atom stereocenters. The summed E-state index contributed by atoms with van der Waals surface area (Å²) in [5.41, 5.74) is 1.95. The second-order valence-corrected chi connectivity index (χ2v) is 4.01. The Hall–Kier alpha value is -0.910. The quantitative estimate of drug-likeness (QED) is 0.822. The molecule has 16 heavy (non-hydrogen) atoms. The van der Waals surface area contributed by atoms with Crippen LogP contribution in [0, 0.1) is 13.8 Å². The van der Waals surface area contributed by atoms with E-state index < -0.39 is 0 Å². The highest BCUT2D eigenvalue weighted by atomic mass is 16.5. The van der Waals surface area contributed by atoms with Crippen molar-refractivity contribution >= 4 is 0 Å². The van der Waals surface area contributed by atoms with Crippen molar-refractivity contribution in [2.24, 2.45) is 0 Å². The number of aryl methyl sites for hydroxylation is 2. The lowest BCUT2D eigenvalue weighted by Gasteiger charge is -2.23. The van der Waals surface area contributed by atoms with E-state index in [4.69, 9.17) is 14.0 Å². The van der Waals surface area contributed by atoms with Crippen LogP contribution in [0.15, 0.2) is 4.52 Å². The SMILES string of the molecule is Cc1noc(C)c1COCC1CNCCO1. The van der Waals surface area contributed by atoms with Crippen LogP contribution in [-0.4, -0.2) is 37.6 Å². The molecule has 0 saturated carbocycles. The number of nitrogens with one attached hydrogen (secondary N) is 1. The standard InChI is InChI=1S/C11H18N2O3/c1-8-11(9(2)16-13-8)7-14-6-10-5-12-3-4-15-10/h10,12H,3-7H2,1-2H3. The van der Waals surface area contributed by atoms with Crippen molar-refractivity contribution in [1.82, 2.24) is 10.5 Å². The predicted octanol–water partition coefficient (Wildman–Crippen LogP) is 0.796. The molecule has 1 aromatic rings. The summed E-state index contributed by atoms with van der Waals surface area (Å²) in [5.74, 6) is 0.834. The molecule has 0 radical (unpaired) electrons. The minimum Gasteiger partial charge on any atom is -0.374 e. The van der Waals surface area contributed by atoms with Gasteiger partial charge in [-0.05, 0) is 13.8 Å². The molecular weight excluding hydrogens is 208 g/mol. The minimum atomic E-state index is 0.161. The van der Waals surface area contributed by atoms with Crippen molar-refractivity contribution in [2.75, 3.05) is 26.3 Å². The lowest BCUT2D eigenvalue weighted by Crippen LogP contribution is -2.40. The Morgan fingerprint density at radius 3 is 3.00 bits per heavy atom. The Kier molecular flexibility index (Phi) is 3.93. The molecule has 2 rings (SSSR count). The second kappa shape index (κ2) is 5.43. The first-order chi connectivity index (χ1) is 7.77. The van der Waals surface area contributed by atoms with Gasteiger partial charge in [0.1, 0.15) is 5.76 Å². The second-order valence-electron chi connectivity index (χ2n) is 4.01. The number of ether oxygens (including phenoxy) is 2. The Labute approximate surface area is 95.1 Å². The van der Waals surface area contributed by atoms with E-state index in [0.29, 0.717) is 13.2 Å². The molecule has 1 N–H and O–H groups in total. The molecule has 1 unspecified atom stereocenters. The van der Waals surface area contributed by atoms with Gasteiger partial charge in [-0.25, -0.2) is 0 Å². The van der Waals surface area contributed by atoms with Gasteiger partial charge in [0.25, 0.3) is 0 Å². The van der Waals surface area contributed by atoms with Gasteiger partial charge < -0.3 is 19.3 Å². The van der Waals surface area contributed by atoms with Gasteiger partial charge in [-0.15, -0.1) is 0 Å². The van der Waals surface area contributed by atoms with Gasteiger partial charge in [0, 0.05) is 18.7 Å². The fourth-order valence-electron chi connectivity index (χ4n) is 1.73. The maximum absolute atomic E-state index is 5.61. The van der Waals surface area contributed by atoms with Crippen molar-refractivity contribution in [3.05, 3.63) is 17.0 Å². The fraction of sp³-hybridized carbons (Fsp3) is 0.727. The predicted molar refractivity (Wildman–Crippen MR) is 58.2 cm³/mol. The summed E-state index contributed by atoms with van der Waals surface area (Å²) in [7, 11) is 0. The van der Waals surface area contributed by atoms with Crippen molar-refractivity contribution in [3.8, 4) is 0 Å². The van der Waals surface area contributed by atoms with E-state index in [1.807, 2.05) is 13.8 Å². The summed E-state index contributed by atoms with van der Waals surface area (Å²) < 4.78 is 16.2. The molecule has 1 aliphatic rings. The third-order valence-corrected chi connectivity index (χ3v) is 2.74. The van der Waals surface area contributed by atoms with Crippen molar-refractivity contribution < 1.29 is 14.0 Å². The van der Waals surface area contributed by atoms with Crippen molar-refractivity contribution in [2.45, 2.75) is 26.6 Å². The Morgan fingerprint density at radius 2 is 2.38 bits per heavy atom. The topological polar surface area (TPSA) is 56.5 Å². The third-order valence-electron chi connectivity index (χ3n) is 2.74. The van der Waals surface area contributed by atoms with Crippen molar-refractivity contribution in [1.29, 1.82) is 0 Å². The fourth-order valence-corrected chi connectivity index (χ4v) is 1.73. The summed E-state index contributed by atoms with van der Waals surface area (Å²) in [6.45, 7) is 7.53. The maximum atomic E-state index is 5.61. The maximum Gasteiger partial charge on any atom is 0.139 e. The molecule has 2 heterocycles. The van der Waals surface area contributed by atoms with Crippen LogP contribution in [0.1, 0.15) is 17.0 Å². The number of hydrogen-bond donors (Lipinski definition) is 1. The number of aromatic nitrogens is 1. The number of hydrogen-bond acceptors (Lipinski definition) is 5. The van der Waals surface area contributed by atoms with Crippen LogP contribution in [-0.2, 0) is 16.1 Å². The summed E-state index contributed by atoms with van der Waals surface area (Å²) in [5, 5.41) is 7.15. The summed E-state index contributed by atoms with van der Waals surface area (Å²) in [6.07, 6.45) is 0.161. The molecule has 90 valence electrons. The van der Waals surface area contributed by atoms with E-state index in [1.165, 1.54) is 0 Å². The van der Waals surface area contributed by atoms with Gasteiger partial charge in [-0.3, -0.25) is 0 Å². The molecule has 0 aromatic carbocycles. The van der Waals surface area contributed by atoms with Crippen LogP contribution in [0.3, 0.4) is 0 Å². The van der Waals surface area contributed by atoms with E-state index in [-0.39, 0.29) is 6.10 Å². The minimum absolute atomic E-state index is 0.161. The monoisotopic (exact) mass is 226 g/mol. The van der Waals surface area contributed by atoms with E-state index in [9.17, 15) is 0 Å². The van der Waals surface area contributed by atoms with Crippen LogP contribution in [0.4, 0.5) is 0 Å². The summed E-state index contributed by atoms with van der Waals surface area (Å²) in [4.78, 5) is 0. The first kappa shape index (κ1) is 11.6. The van der Waals surface area contributed by atoms with Crippen molar-refractivity contribution in [3.63, 3.8) is 0 Å². The highest BCUT2D eigenvalue weighted by Crippen LogP contribution is 2.13. The van der Waals surface area contributed by atoms with Gasteiger partial charge >= 0.3 is 0 Å². The van der Waals surface area contributed by atoms with Gasteiger partial charge in [0.15, 0.2) is 0 Å². The van der Waals surface area contributed by atoms with Crippen LogP contribution in [0.25, 0.3) is 0 Å². The third kappa shape index (κ3) is 2.81. The smallest absolute Gasteiger partial charge is 0.139 e. The van der Waals surface area contributed by atoms with Gasteiger partial charge in [-0.2, -0.15) is 0 Å². The lowest BCUT2D eigenvalue weighted by atomic mass is 10.2. The average Bonchev–Trinajstić information content (AvgIpc) is 2.62. The summed E-state index contributed by atoms with van der Waals surface area (Å²) >= 11 is 0. The van der Waals surface area contributed by atoms with E-state index in [0.717, 1.165) is 36.7 Å². The molecule has 1 aromatic heterocycles. The molecule has 1 saturated heterocycles. The average molecular weight is 226 g/mol. The van der Waals surface area contributed by atoms with Crippen LogP contribution >= 0.6 is 0 Å².